The molecule has 0 saturated carbocycles. The van der Waals surface area contributed by atoms with Crippen molar-refractivity contribution >= 4 is 46.4 Å². The first-order valence-corrected chi connectivity index (χ1v) is 11.2. The first-order valence-electron chi connectivity index (χ1n) is 8.96. The zero-order valence-corrected chi connectivity index (χ0v) is 18.4. The Bertz CT molecular complexity index is 1120. The lowest BCUT2D eigenvalue weighted by molar-refractivity contribution is -0.285. The Balaban J connectivity index is 2.33. The molecular formula is C20H15ClF3N3O3S2. The van der Waals surface area contributed by atoms with Crippen LogP contribution in [0, 0.1) is 17.2 Å². The number of Topliss-reactive ketones (excluding diaryl/α,β-unsaturated/α-hetero) is 1. The molecule has 2 aromatic rings. The number of nitrogens with one attached hydrogen (secondary N) is 1. The molecule has 0 saturated heterocycles. The van der Waals surface area contributed by atoms with Crippen molar-refractivity contribution in [1.29, 1.82) is 5.26 Å². The maximum Gasteiger partial charge on any atom is 0.437 e. The number of nitriles is 1. The summed E-state index contributed by atoms with van der Waals surface area (Å²) in [4.78, 5) is 24.5. The van der Waals surface area contributed by atoms with Crippen LogP contribution in [-0.4, -0.2) is 34.5 Å². The van der Waals surface area contributed by atoms with Crippen molar-refractivity contribution in [3.05, 3.63) is 67.8 Å². The fourth-order valence-corrected chi connectivity index (χ4v) is 5.27. The molecular weight excluding hydrogens is 487 g/mol. The number of allylic oxidation sites excluding steroid dienone is 1. The number of amides is 1. The fourth-order valence-electron chi connectivity index (χ4n) is 3.47. The summed E-state index contributed by atoms with van der Waals surface area (Å²) in [6.45, 7) is 0. The Kier molecular flexibility index (Phi) is 6.90. The Hall–Kier alpha value is -2.52. The minimum absolute atomic E-state index is 0.0138. The minimum Gasteiger partial charge on any atom is -0.369 e. The van der Waals surface area contributed by atoms with E-state index < -0.39 is 46.2 Å². The number of hydrogen-bond donors (Lipinski definition) is 3. The van der Waals surface area contributed by atoms with Crippen molar-refractivity contribution in [2.75, 3.05) is 5.75 Å². The van der Waals surface area contributed by atoms with Crippen LogP contribution < -0.4 is 11.1 Å². The Morgan fingerprint density at radius 3 is 2.53 bits per heavy atom. The lowest BCUT2D eigenvalue weighted by Gasteiger charge is -2.45. The normalized spacial score (nSPS) is 23.4. The van der Waals surface area contributed by atoms with Crippen LogP contribution in [0.5, 0.6) is 0 Å². The summed E-state index contributed by atoms with van der Waals surface area (Å²) in [6.07, 6.45) is -5.33. The van der Waals surface area contributed by atoms with Crippen LogP contribution in [0.2, 0.25) is 5.02 Å². The number of hydrogen-bond acceptors (Lipinski definition) is 7. The van der Waals surface area contributed by atoms with Gasteiger partial charge in [0.1, 0.15) is 0 Å². The predicted molar refractivity (Wildman–Crippen MR) is 115 cm³/mol. The number of carbonyl (C=O) groups excluding carboxylic acids is 2. The number of ketones is 1. The van der Waals surface area contributed by atoms with Crippen molar-refractivity contribution in [1.82, 2.24) is 5.32 Å². The van der Waals surface area contributed by atoms with Crippen molar-refractivity contribution in [3.8, 4) is 6.07 Å². The Morgan fingerprint density at radius 2 is 2.00 bits per heavy atom. The van der Waals surface area contributed by atoms with Crippen LogP contribution in [0.15, 0.2) is 52.4 Å². The molecule has 0 radical (unpaired) electrons. The number of aliphatic hydroxyl groups is 1. The highest BCUT2D eigenvalue weighted by molar-refractivity contribution is 8.03. The zero-order valence-electron chi connectivity index (χ0n) is 16.0. The quantitative estimate of drug-likeness (QED) is 0.518. The molecule has 0 aliphatic carbocycles. The third-order valence-corrected chi connectivity index (χ3v) is 7.11. The third kappa shape index (κ3) is 4.36. The Labute approximate surface area is 193 Å². The number of halogens is 4. The lowest BCUT2D eigenvalue weighted by atomic mass is 9.70. The van der Waals surface area contributed by atoms with E-state index in [1.165, 1.54) is 41.8 Å². The first kappa shape index (κ1) is 24.1. The second-order valence-electron chi connectivity index (χ2n) is 6.82. The van der Waals surface area contributed by atoms with Gasteiger partial charge in [-0.3, -0.25) is 9.59 Å². The average molecular weight is 502 g/mol. The van der Waals surface area contributed by atoms with Gasteiger partial charge in [0.2, 0.25) is 11.6 Å². The van der Waals surface area contributed by atoms with Crippen molar-refractivity contribution in [2.24, 2.45) is 11.7 Å². The molecule has 0 unspecified atom stereocenters. The standard InChI is InChI=1S/C20H15ClF3N3O3S2/c21-12-5-2-1-4-10(12)15-11(8-25)18(32-9-14(26)28)27-19(30,20(22,23)24)16(15)17(29)13-6-3-7-31-13/h1-7,15-16,27,30H,9H2,(H2,26,28)/t15-,16+,19+/m1/s1. The molecule has 0 fully saturated rings. The molecule has 6 nitrogen and oxygen atoms in total. The van der Waals surface area contributed by atoms with Gasteiger partial charge in [-0.1, -0.05) is 47.6 Å². The van der Waals surface area contributed by atoms with E-state index in [4.69, 9.17) is 17.3 Å². The molecule has 4 N–H and O–H groups in total. The van der Waals surface area contributed by atoms with Crippen LogP contribution in [0.25, 0.3) is 0 Å². The van der Waals surface area contributed by atoms with Crippen molar-refractivity contribution in [3.63, 3.8) is 0 Å². The molecule has 2 heterocycles. The monoisotopic (exact) mass is 501 g/mol. The molecule has 12 heteroatoms. The predicted octanol–water partition coefficient (Wildman–Crippen LogP) is 3.79. The van der Waals surface area contributed by atoms with E-state index >= 15 is 0 Å². The van der Waals surface area contributed by atoms with Gasteiger partial charge in [-0.25, -0.2) is 0 Å². The number of nitrogens with two attached hydrogens (primary N) is 1. The molecule has 1 aliphatic heterocycles. The van der Waals surface area contributed by atoms with Gasteiger partial charge < -0.3 is 16.2 Å². The van der Waals surface area contributed by atoms with Gasteiger partial charge in [-0.05, 0) is 23.1 Å². The van der Waals surface area contributed by atoms with Crippen LogP contribution >= 0.6 is 34.7 Å². The van der Waals surface area contributed by atoms with E-state index in [0.29, 0.717) is 11.8 Å². The van der Waals surface area contributed by atoms with Gasteiger partial charge in [-0.2, -0.15) is 18.4 Å². The molecule has 168 valence electrons. The lowest BCUT2D eigenvalue weighted by Crippen LogP contribution is -2.66. The second-order valence-corrected chi connectivity index (χ2v) is 9.16. The number of carbonyl (C=O) groups is 2. The van der Waals surface area contributed by atoms with Crippen molar-refractivity contribution in [2.45, 2.75) is 17.8 Å². The van der Waals surface area contributed by atoms with Crippen LogP contribution in [0.3, 0.4) is 0 Å². The average Bonchev–Trinajstić information content (AvgIpc) is 3.26. The van der Waals surface area contributed by atoms with E-state index in [9.17, 15) is 33.1 Å². The Morgan fingerprint density at radius 1 is 1.31 bits per heavy atom. The molecule has 0 bridgehead atoms. The summed E-state index contributed by atoms with van der Waals surface area (Å²) in [5, 5.41) is 23.8. The molecule has 1 aliphatic rings. The first-order chi connectivity index (χ1) is 15.0. The molecule has 1 aromatic heterocycles. The van der Waals surface area contributed by atoms with E-state index in [1.54, 1.807) is 0 Å². The minimum atomic E-state index is -5.33. The molecule has 3 rings (SSSR count). The van der Waals surface area contributed by atoms with Crippen LogP contribution in [0.1, 0.15) is 21.2 Å². The summed E-state index contributed by atoms with van der Waals surface area (Å²) in [6, 6.07) is 10.5. The highest BCUT2D eigenvalue weighted by atomic mass is 35.5. The third-order valence-electron chi connectivity index (χ3n) is 4.84. The van der Waals surface area contributed by atoms with Crippen molar-refractivity contribution < 1.29 is 27.9 Å². The number of benzene rings is 1. The van der Waals surface area contributed by atoms with E-state index in [1.807, 2.05) is 11.4 Å². The van der Waals surface area contributed by atoms with Gasteiger partial charge in [0.05, 0.1) is 33.2 Å². The number of alkyl halides is 3. The summed E-state index contributed by atoms with van der Waals surface area (Å²) < 4.78 is 42.8. The van der Waals surface area contributed by atoms with Crippen LogP contribution in [-0.2, 0) is 4.79 Å². The number of primary amides is 1. The highest BCUT2D eigenvalue weighted by Gasteiger charge is 2.66. The van der Waals surface area contributed by atoms with Gasteiger partial charge in [-0.15, -0.1) is 11.3 Å². The molecule has 1 aromatic carbocycles. The zero-order chi connectivity index (χ0) is 23.7. The smallest absolute Gasteiger partial charge is 0.369 e. The summed E-state index contributed by atoms with van der Waals surface area (Å²) >= 11 is 7.69. The van der Waals surface area contributed by atoms with E-state index in [-0.39, 0.29) is 21.0 Å². The fraction of sp³-hybridized carbons (Fsp3) is 0.250. The molecule has 3 atom stereocenters. The number of thiophene rings is 1. The SMILES string of the molecule is N#CC1=C(SCC(N)=O)N[C@@](O)(C(F)(F)F)[C@H](C(=O)c2cccs2)[C@@H]1c1ccccc1Cl. The highest BCUT2D eigenvalue weighted by Crippen LogP contribution is 2.52. The number of thioether (sulfide) groups is 1. The van der Waals surface area contributed by atoms with Gasteiger partial charge in [0.15, 0.2) is 5.78 Å². The topological polar surface area (TPSA) is 116 Å². The summed E-state index contributed by atoms with van der Waals surface area (Å²) in [5.74, 6) is -6.03. The number of rotatable bonds is 6. The largest absolute Gasteiger partial charge is 0.437 e. The summed E-state index contributed by atoms with van der Waals surface area (Å²) in [5.41, 5.74) is 1.14. The van der Waals surface area contributed by atoms with Gasteiger partial charge in [0.25, 0.3) is 0 Å². The maximum atomic E-state index is 14.3. The second kappa shape index (κ2) is 9.15. The molecule has 32 heavy (non-hydrogen) atoms. The summed E-state index contributed by atoms with van der Waals surface area (Å²) in [7, 11) is 0. The van der Waals surface area contributed by atoms with Gasteiger partial charge in [0, 0.05) is 10.9 Å². The number of nitrogens with zero attached hydrogens (tertiary/aromatic N) is 1. The van der Waals surface area contributed by atoms with Crippen LogP contribution in [0.4, 0.5) is 13.2 Å². The molecule has 1 amide bonds. The van der Waals surface area contributed by atoms with E-state index in [0.717, 1.165) is 11.3 Å². The van der Waals surface area contributed by atoms with E-state index in [2.05, 4.69) is 0 Å². The maximum absolute atomic E-state index is 14.3. The molecule has 0 spiro atoms. The van der Waals surface area contributed by atoms with Gasteiger partial charge >= 0.3 is 6.18 Å².